The number of sulfonamides is 1. The number of aryl methyl sites for hydroxylation is 1. The highest BCUT2D eigenvalue weighted by Gasteiger charge is 2.32. The molecule has 0 saturated carbocycles. The predicted octanol–water partition coefficient (Wildman–Crippen LogP) is 5.76. The van der Waals surface area contributed by atoms with Crippen LogP contribution in [0.1, 0.15) is 44.6 Å². The molecule has 1 heterocycles. The summed E-state index contributed by atoms with van der Waals surface area (Å²) in [5.41, 5.74) is 2.08. The Morgan fingerprint density at radius 3 is 2.26 bits per heavy atom. The van der Waals surface area contributed by atoms with E-state index in [1.807, 2.05) is 37.3 Å². The molecular weight excluding hydrogens is 482 g/mol. The predicted molar refractivity (Wildman–Crippen MR) is 141 cm³/mol. The standard InChI is InChI=1S/C27H28ClN3O3S/c1-4-18-30(35(33,34)23-16-12-21(28)13-17-23)19(3)26-29-25-9-7-6-8-24(25)27(32)31(26)22-14-10-20(5-2)11-15-22/h6-17,19H,4-5,18H2,1-3H3. The number of hydrogen-bond donors (Lipinski definition) is 0. The molecule has 6 nitrogen and oxygen atoms in total. The zero-order chi connectivity index (χ0) is 25.2. The maximum absolute atomic E-state index is 13.7. The Morgan fingerprint density at radius 2 is 1.63 bits per heavy atom. The second-order valence-electron chi connectivity index (χ2n) is 8.39. The van der Waals surface area contributed by atoms with Gasteiger partial charge in [0.1, 0.15) is 5.82 Å². The molecule has 0 fully saturated rings. The topological polar surface area (TPSA) is 72.3 Å². The summed E-state index contributed by atoms with van der Waals surface area (Å²) < 4.78 is 30.3. The van der Waals surface area contributed by atoms with Crippen molar-refractivity contribution in [2.45, 2.75) is 44.6 Å². The Hall–Kier alpha value is -3.00. The molecule has 35 heavy (non-hydrogen) atoms. The number of aromatic nitrogens is 2. The Balaban J connectivity index is 1.93. The third kappa shape index (κ3) is 4.89. The molecule has 0 spiro atoms. The maximum Gasteiger partial charge on any atom is 0.266 e. The summed E-state index contributed by atoms with van der Waals surface area (Å²) in [5.74, 6) is 0.365. The fourth-order valence-electron chi connectivity index (χ4n) is 4.17. The molecule has 1 unspecified atom stereocenters. The third-order valence-corrected chi connectivity index (χ3v) is 8.31. The van der Waals surface area contributed by atoms with Crippen molar-refractivity contribution in [3.8, 4) is 5.69 Å². The van der Waals surface area contributed by atoms with E-state index < -0.39 is 16.1 Å². The van der Waals surface area contributed by atoms with E-state index in [0.717, 1.165) is 12.0 Å². The molecule has 0 bridgehead atoms. The van der Waals surface area contributed by atoms with Crippen LogP contribution in [0.3, 0.4) is 0 Å². The van der Waals surface area contributed by atoms with Gasteiger partial charge in [0.2, 0.25) is 10.0 Å². The monoisotopic (exact) mass is 509 g/mol. The zero-order valence-electron chi connectivity index (χ0n) is 20.0. The first kappa shape index (κ1) is 25.1. The minimum absolute atomic E-state index is 0.143. The van der Waals surface area contributed by atoms with E-state index in [0.29, 0.717) is 33.9 Å². The number of nitrogens with zero attached hydrogens (tertiary/aromatic N) is 3. The highest BCUT2D eigenvalue weighted by Crippen LogP contribution is 2.29. The quantitative estimate of drug-likeness (QED) is 0.302. The van der Waals surface area contributed by atoms with Gasteiger partial charge in [-0.25, -0.2) is 13.4 Å². The van der Waals surface area contributed by atoms with E-state index in [4.69, 9.17) is 16.6 Å². The van der Waals surface area contributed by atoms with Crippen LogP contribution >= 0.6 is 11.6 Å². The van der Waals surface area contributed by atoms with Gasteiger partial charge in [-0.05, 0) is 73.9 Å². The van der Waals surface area contributed by atoms with Crippen molar-refractivity contribution in [2.24, 2.45) is 0 Å². The van der Waals surface area contributed by atoms with Crippen molar-refractivity contribution in [3.05, 3.63) is 99.6 Å². The van der Waals surface area contributed by atoms with Gasteiger partial charge < -0.3 is 0 Å². The summed E-state index contributed by atoms with van der Waals surface area (Å²) in [5, 5.41) is 0.935. The average molecular weight is 510 g/mol. The number of benzene rings is 3. The van der Waals surface area contributed by atoms with Gasteiger partial charge >= 0.3 is 0 Å². The first-order chi connectivity index (χ1) is 16.8. The molecule has 1 aromatic heterocycles. The average Bonchev–Trinajstić information content (AvgIpc) is 2.87. The number of para-hydroxylation sites is 1. The van der Waals surface area contributed by atoms with Crippen molar-refractivity contribution in [1.29, 1.82) is 0 Å². The molecule has 0 aliphatic rings. The molecule has 182 valence electrons. The van der Waals surface area contributed by atoms with Gasteiger partial charge in [-0.2, -0.15) is 4.31 Å². The summed E-state index contributed by atoms with van der Waals surface area (Å²) in [6.45, 7) is 6.03. The lowest BCUT2D eigenvalue weighted by atomic mass is 10.1. The Kier molecular flexibility index (Phi) is 7.40. The first-order valence-electron chi connectivity index (χ1n) is 11.7. The van der Waals surface area contributed by atoms with Gasteiger partial charge in [0.25, 0.3) is 5.56 Å². The molecule has 0 aliphatic heterocycles. The van der Waals surface area contributed by atoms with E-state index in [9.17, 15) is 13.2 Å². The summed E-state index contributed by atoms with van der Waals surface area (Å²) in [6, 6.07) is 20.2. The minimum atomic E-state index is -3.88. The second-order valence-corrected chi connectivity index (χ2v) is 10.7. The van der Waals surface area contributed by atoms with Crippen LogP contribution in [0.4, 0.5) is 0 Å². The maximum atomic E-state index is 13.7. The highest BCUT2D eigenvalue weighted by atomic mass is 35.5. The SMILES string of the molecule is CCCN(C(C)c1nc2ccccc2c(=O)n1-c1ccc(CC)cc1)S(=O)(=O)c1ccc(Cl)cc1. The van der Waals surface area contributed by atoms with Crippen LogP contribution in [-0.2, 0) is 16.4 Å². The molecule has 0 amide bonds. The van der Waals surface area contributed by atoms with Gasteiger partial charge in [0.05, 0.1) is 27.5 Å². The zero-order valence-corrected chi connectivity index (χ0v) is 21.6. The molecule has 0 radical (unpaired) electrons. The van der Waals surface area contributed by atoms with Crippen LogP contribution < -0.4 is 5.56 Å². The Bertz CT molecular complexity index is 1500. The normalized spacial score (nSPS) is 12.8. The number of rotatable bonds is 8. The van der Waals surface area contributed by atoms with Crippen LogP contribution in [0.15, 0.2) is 82.5 Å². The molecule has 4 rings (SSSR count). The van der Waals surface area contributed by atoms with Crippen molar-refractivity contribution in [2.75, 3.05) is 6.54 Å². The summed E-state index contributed by atoms with van der Waals surface area (Å²) in [4.78, 5) is 18.6. The third-order valence-electron chi connectivity index (χ3n) is 6.07. The Labute approximate surface area is 210 Å². The fraction of sp³-hybridized carbons (Fsp3) is 0.259. The van der Waals surface area contributed by atoms with E-state index >= 15 is 0 Å². The first-order valence-corrected chi connectivity index (χ1v) is 13.5. The number of fused-ring (bicyclic) bond motifs is 1. The highest BCUT2D eigenvalue weighted by molar-refractivity contribution is 7.89. The summed E-state index contributed by atoms with van der Waals surface area (Å²) in [7, 11) is -3.88. The molecule has 4 aromatic rings. The van der Waals surface area contributed by atoms with Gasteiger partial charge in [-0.1, -0.05) is 49.7 Å². The molecule has 1 atom stereocenters. The largest absolute Gasteiger partial charge is 0.268 e. The minimum Gasteiger partial charge on any atom is -0.268 e. The van der Waals surface area contributed by atoms with Crippen LogP contribution in [0.2, 0.25) is 5.02 Å². The van der Waals surface area contributed by atoms with Crippen LogP contribution in [0, 0.1) is 0 Å². The molecule has 3 aromatic carbocycles. The van der Waals surface area contributed by atoms with Gasteiger partial charge in [0, 0.05) is 11.6 Å². The number of hydrogen-bond acceptors (Lipinski definition) is 4. The van der Waals surface area contributed by atoms with Crippen LogP contribution in [0.5, 0.6) is 0 Å². The molecule has 0 aliphatic carbocycles. The Morgan fingerprint density at radius 1 is 0.971 bits per heavy atom. The molecular formula is C27H28ClN3O3S. The van der Waals surface area contributed by atoms with E-state index in [-0.39, 0.29) is 17.0 Å². The van der Waals surface area contributed by atoms with Crippen LogP contribution in [-0.4, -0.2) is 28.8 Å². The molecule has 0 saturated heterocycles. The lowest BCUT2D eigenvalue weighted by Gasteiger charge is -2.29. The smallest absolute Gasteiger partial charge is 0.266 e. The van der Waals surface area contributed by atoms with Gasteiger partial charge in [-0.3, -0.25) is 9.36 Å². The van der Waals surface area contributed by atoms with Crippen molar-refractivity contribution < 1.29 is 8.42 Å². The summed E-state index contributed by atoms with van der Waals surface area (Å²) in [6.07, 6.45) is 1.47. The lowest BCUT2D eigenvalue weighted by Crippen LogP contribution is -2.38. The van der Waals surface area contributed by atoms with Crippen LogP contribution in [0.25, 0.3) is 16.6 Å². The second kappa shape index (κ2) is 10.3. The van der Waals surface area contributed by atoms with Gasteiger partial charge in [-0.15, -0.1) is 0 Å². The molecule has 8 heteroatoms. The van der Waals surface area contributed by atoms with E-state index in [2.05, 4.69) is 6.92 Å². The summed E-state index contributed by atoms with van der Waals surface area (Å²) >= 11 is 5.99. The van der Waals surface area contributed by atoms with Gasteiger partial charge in [0.15, 0.2) is 0 Å². The van der Waals surface area contributed by atoms with Crippen molar-refractivity contribution >= 4 is 32.5 Å². The van der Waals surface area contributed by atoms with Crippen molar-refractivity contribution in [3.63, 3.8) is 0 Å². The fourth-order valence-corrected chi connectivity index (χ4v) is 5.98. The molecule has 0 N–H and O–H groups in total. The van der Waals surface area contributed by atoms with E-state index in [1.165, 1.54) is 21.0 Å². The number of halogens is 1. The lowest BCUT2D eigenvalue weighted by molar-refractivity contribution is 0.327. The van der Waals surface area contributed by atoms with E-state index in [1.54, 1.807) is 37.3 Å². The van der Waals surface area contributed by atoms with Crippen molar-refractivity contribution in [1.82, 2.24) is 13.9 Å².